The summed E-state index contributed by atoms with van der Waals surface area (Å²) in [5, 5.41) is 13.2. The number of ether oxygens (including phenoxy) is 1. The summed E-state index contributed by atoms with van der Waals surface area (Å²) in [6, 6.07) is 2.30. The highest BCUT2D eigenvalue weighted by Gasteiger charge is 2.50. The number of unbranched alkanes of at least 4 members (excludes halogenated alkanes) is 1. The summed E-state index contributed by atoms with van der Waals surface area (Å²) in [4.78, 5) is 13.9. The number of benzene rings is 1. The van der Waals surface area contributed by atoms with Crippen LogP contribution in [-0.4, -0.2) is 75.2 Å². The number of nitriles is 1. The summed E-state index contributed by atoms with van der Waals surface area (Å²) in [7, 11) is -0.431. The zero-order valence-electron chi connectivity index (χ0n) is 34.6. The molecule has 0 saturated carbocycles. The first-order valence-electron chi connectivity index (χ1n) is 19.3. The molecule has 0 bridgehead atoms. The Hall–Kier alpha value is -2.08. The molecule has 0 aromatic heterocycles. The summed E-state index contributed by atoms with van der Waals surface area (Å²) in [5.74, 6) is -8.95. The summed E-state index contributed by atoms with van der Waals surface area (Å²) >= 11 is 4.11. The van der Waals surface area contributed by atoms with E-state index < -0.39 is 83.9 Å². The number of hydrogen-bond donors (Lipinski definition) is 2. The first-order chi connectivity index (χ1) is 24.7. The van der Waals surface area contributed by atoms with Crippen molar-refractivity contribution in [2.75, 3.05) is 51.8 Å². The van der Waals surface area contributed by atoms with Crippen LogP contribution in [0, 0.1) is 62.2 Å². The molecule has 0 saturated heterocycles. The van der Waals surface area contributed by atoms with Crippen LogP contribution in [0.4, 0.5) is 17.6 Å². The van der Waals surface area contributed by atoms with Crippen LogP contribution in [-0.2, 0) is 14.9 Å². The van der Waals surface area contributed by atoms with Gasteiger partial charge in [-0.3, -0.25) is 4.79 Å². The molecule has 1 amide bonds. The maximum Gasteiger partial charge on any atom is 0.225 e. The van der Waals surface area contributed by atoms with E-state index in [1.54, 1.807) is 13.8 Å². The molecule has 8 nitrogen and oxygen atoms in total. The quantitative estimate of drug-likeness (QED) is 0.0254. The highest BCUT2D eigenvalue weighted by molar-refractivity contribution is 7.85. The third-order valence-corrected chi connectivity index (χ3v) is 13.4. The van der Waals surface area contributed by atoms with E-state index in [0.717, 1.165) is 0 Å². The van der Waals surface area contributed by atoms with Crippen molar-refractivity contribution in [2.45, 2.75) is 126 Å². The Morgan fingerprint density at radius 1 is 0.944 bits per heavy atom. The Morgan fingerprint density at radius 2 is 1.50 bits per heavy atom. The Morgan fingerprint density at radius 3 is 1.98 bits per heavy atom. The molecule has 0 aliphatic rings. The number of halogens is 4. The van der Waals surface area contributed by atoms with Crippen LogP contribution in [0.3, 0.4) is 0 Å². The molecule has 4 unspecified atom stereocenters. The fourth-order valence-electron chi connectivity index (χ4n) is 7.44. The summed E-state index contributed by atoms with van der Waals surface area (Å²) < 4.78 is 103. The third-order valence-electron chi connectivity index (χ3n) is 12.3. The number of carbonyl (C=O) groups excluding carboxylic acids is 1. The largest absolute Gasteiger partial charge is 0.748 e. The zero-order valence-corrected chi connectivity index (χ0v) is 36.3. The SMILES string of the molecule is CCCC(C)(CC(C)C(C)(CC)C(CC(C)(C)C(C)(C)C#N)c1c(F)c(F)c(OCCCCS)c(F)c1F)C(=O)NCCC[N+](C)(C)CCCS(=O)(=O)[O-]. The second-order valence-electron chi connectivity index (χ2n) is 17.5. The standard InChI is InChI=1S/C40H67F4N3O5S2/c1-12-18-39(8,36(48)46-19-16-20-47(10,11)21-17-24-54(49,50)51)25-28(3)40(9,13-2)29(26-37(4,5)38(6,7)27-45)30-31(41)33(43)35(34(44)32(30)42)52-22-14-15-23-53/h28-29H,12-26H2,1-11H3,(H2-,46,48,49,50,51,53). The summed E-state index contributed by atoms with van der Waals surface area (Å²) in [6.45, 7) is 17.8. The van der Waals surface area contributed by atoms with Crippen molar-refractivity contribution in [1.29, 1.82) is 5.26 Å². The van der Waals surface area contributed by atoms with Gasteiger partial charge >= 0.3 is 0 Å². The fourth-order valence-corrected chi connectivity index (χ4v) is 8.15. The van der Waals surface area contributed by atoms with Gasteiger partial charge in [-0.05, 0) is 80.8 Å². The molecule has 54 heavy (non-hydrogen) atoms. The second-order valence-corrected chi connectivity index (χ2v) is 19.5. The van der Waals surface area contributed by atoms with Crippen LogP contribution in [0.15, 0.2) is 0 Å². The molecule has 1 rings (SSSR count). The van der Waals surface area contributed by atoms with Crippen LogP contribution >= 0.6 is 12.6 Å². The zero-order chi connectivity index (χ0) is 41.9. The lowest BCUT2D eigenvalue weighted by Gasteiger charge is -2.49. The maximum absolute atomic E-state index is 16.3. The van der Waals surface area contributed by atoms with E-state index in [-0.39, 0.29) is 25.4 Å². The molecule has 0 fully saturated rings. The van der Waals surface area contributed by atoms with Crippen molar-refractivity contribution in [2.24, 2.45) is 27.6 Å². The van der Waals surface area contributed by atoms with Gasteiger partial charge in [-0.15, -0.1) is 0 Å². The van der Waals surface area contributed by atoms with Gasteiger partial charge < -0.3 is 19.1 Å². The molecule has 1 N–H and O–H groups in total. The minimum Gasteiger partial charge on any atom is -0.748 e. The van der Waals surface area contributed by atoms with E-state index in [0.29, 0.717) is 74.8 Å². The normalized spacial score (nSPS) is 16.2. The molecule has 0 heterocycles. The van der Waals surface area contributed by atoms with Gasteiger partial charge in [0.1, 0.15) is 0 Å². The van der Waals surface area contributed by atoms with Gasteiger partial charge in [-0.1, -0.05) is 54.9 Å². The highest BCUT2D eigenvalue weighted by Crippen LogP contribution is 2.57. The smallest absolute Gasteiger partial charge is 0.225 e. The van der Waals surface area contributed by atoms with Gasteiger partial charge in [0.2, 0.25) is 17.5 Å². The molecular formula is C40H67F4N3O5S2. The Balaban J connectivity index is 3.59. The van der Waals surface area contributed by atoms with Gasteiger partial charge in [-0.2, -0.15) is 26.7 Å². The van der Waals surface area contributed by atoms with Crippen LogP contribution in [0.25, 0.3) is 0 Å². The first-order valence-corrected chi connectivity index (χ1v) is 21.5. The number of nitrogens with zero attached hydrogens (tertiary/aromatic N) is 2. The van der Waals surface area contributed by atoms with E-state index in [9.17, 15) is 23.0 Å². The van der Waals surface area contributed by atoms with Crippen molar-refractivity contribution in [1.82, 2.24) is 5.32 Å². The van der Waals surface area contributed by atoms with Gasteiger partial charge in [-0.25, -0.2) is 17.2 Å². The van der Waals surface area contributed by atoms with Crippen LogP contribution in [0.2, 0.25) is 0 Å². The number of carbonyl (C=O) groups is 1. The molecule has 0 radical (unpaired) electrons. The number of nitrogens with one attached hydrogen (secondary N) is 1. The van der Waals surface area contributed by atoms with Crippen molar-refractivity contribution >= 4 is 28.7 Å². The molecule has 0 aliphatic heterocycles. The molecule has 312 valence electrons. The highest BCUT2D eigenvalue weighted by atomic mass is 32.2. The lowest BCUT2D eigenvalue weighted by molar-refractivity contribution is -0.890. The summed E-state index contributed by atoms with van der Waals surface area (Å²) in [6.07, 6.45) is 3.66. The Kier molecular flexibility index (Phi) is 18.8. The number of quaternary nitrogens is 1. The predicted octanol–water partition coefficient (Wildman–Crippen LogP) is 9.15. The molecule has 4 atom stereocenters. The van der Waals surface area contributed by atoms with E-state index in [4.69, 9.17) is 4.74 Å². The number of rotatable bonds is 25. The molecule has 1 aromatic carbocycles. The van der Waals surface area contributed by atoms with Gasteiger partial charge in [0.05, 0.1) is 55.4 Å². The van der Waals surface area contributed by atoms with E-state index in [1.807, 2.05) is 62.6 Å². The molecular weight excluding hydrogens is 743 g/mol. The molecule has 1 aromatic rings. The Bertz CT molecular complexity index is 1520. The van der Waals surface area contributed by atoms with Crippen molar-refractivity contribution in [3.05, 3.63) is 28.8 Å². The first kappa shape index (κ1) is 49.9. The fraction of sp³-hybridized carbons (Fsp3) is 0.800. The average Bonchev–Trinajstić information content (AvgIpc) is 3.07. The van der Waals surface area contributed by atoms with Crippen molar-refractivity contribution in [3.8, 4) is 11.8 Å². The van der Waals surface area contributed by atoms with E-state index in [2.05, 4.69) is 24.0 Å². The van der Waals surface area contributed by atoms with E-state index in [1.165, 1.54) is 0 Å². The predicted molar refractivity (Wildman–Crippen MR) is 209 cm³/mol. The number of hydrogen-bond acceptors (Lipinski definition) is 7. The maximum atomic E-state index is 16.3. The topological polar surface area (TPSA) is 119 Å². The molecule has 0 spiro atoms. The second kappa shape index (κ2) is 20.4. The lowest BCUT2D eigenvalue weighted by Crippen LogP contribution is -2.46. The van der Waals surface area contributed by atoms with E-state index >= 15 is 17.6 Å². The minimum absolute atomic E-state index is 0.0164. The van der Waals surface area contributed by atoms with Crippen LogP contribution in [0.5, 0.6) is 5.75 Å². The van der Waals surface area contributed by atoms with Gasteiger partial charge in [0, 0.05) is 36.1 Å². The Labute approximate surface area is 328 Å². The third kappa shape index (κ3) is 13.3. The molecule has 0 aliphatic carbocycles. The number of amides is 1. The lowest BCUT2D eigenvalue weighted by atomic mass is 9.54. The van der Waals surface area contributed by atoms with Crippen LogP contribution in [0.1, 0.15) is 132 Å². The average molecular weight is 810 g/mol. The van der Waals surface area contributed by atoms with Crippen molar-refractivity contribution < 1.29 is 44.5 Å². The number of thiol groups is 1. The van der Waals surface area contributed by atoms with Crippen molar-refractivity contribution in [3.63, 3.8) is 0 Å². The minimum atomic E-state index is -4.29. The van der Waals surface area contributed by atoms with Crippen LogP contribution < -0.4 is 10.1 Å². The monoisotopic (exact) mass is 809 g/mol. The van der Waals surface area contributed by atoms with Gasteiger partial charge in [0.25, 0.3) is 0 Å². The molecule has 14 heteroatoms. The van der Waals surface area contributed by atoms with Gasteiger partial charge in [0.15, 0.2) is 17.4 Å². The summed E-state index contributed by atoms with van der Waals surface area (Å²) in [5.41, 5.74) is -4.49.